The van der Waals surface area contributed by atoms with Crippen LogP contribution in [0.5, 0.6) is 5.75 Å². The van der Waals surface area contributed by atoms with Crippen LogP contribution < -0.4 is 10.2 Å². The van der Waals surface area contributed by atoms with Gasteiger partial charge in [-0.2, -0.15) is 10.4 Å². The summed E-state index contributed by atoms with van der Waals surface area (Å²) in [4.78, 5) is 22.9. The lowest BCUT2D eigenvalue weighted by Crippen LogP contribution is -2.19. The summed E-state index contributed by atoms with van der Waals surface area (Å²) in [5.74, 6) is -1.56. The number of amides is 1. The molecule has 0 spiro atoms. The first-order valence-corrected chi connectivity index (χ1v) is 7.36. The Kier molecular flexibility index (Phi) is 6.40. The fourth-order valence-corrected chi connectivity index (χ4v) is 1.85. The zero-order valence-corrected chi connectivity index (χ0v) is 13.7. The monoisotopic (exact) mass is 355 g/mol. The molecule has 7 nitrogen and oxygen atoms in total. The SMILES string of the molecule is COC(=O)COc1ccc(/C=N/NC(=O)c2ccc(C#N)cc2F)cc1. The largest absolute Gasteiger partial charge is 0.482 e. The van der Waals surface area contributed by atoms with Crippen molar-refractivity contribution in [2.75, 3.05) is 13.7 Å². The lowest BCUT2D eigenvalue weighted by Gasteiger charge is -2.04. The smallest absolute Gasteiger partial charge is 0.343 e. The second kappa shape index (κ2) is 8.94. The molecular formula is C18H14FN3O4. The van der Waals surface area contributed by atoms with E-state index in [4.69, 9.17) is 10.00 Å². The van der Waals surface area contributed by atoms with Gasteiger partial charge in [-0.25, -0.2) is 14.6 Å². The third-order valence-electron chi connectivity index (χ3n) is 3.19. The van der Waals surface area contributed by atoms with Crippen LogP contribution in [0.2, 0.25) is 0 Å². The van der Waals surface area contributed by atoms with Crippen molar-refractivity contribution in [2.24, 2.45) is 5.10 Å². The van der Waals surface area contributed by atoms with Crippen molar-refractivity contribution < 1.29 is 23.5 Å². The molecule has 26 heavy (non-hydrogen) atoms. The number of ether oxygens (including phenoxy) is 2. The molecule has 0 unspecified atom stereocenters. The average molecular weight is 355 g/mol. The summed E-state index contributed by atoms with van der Waals surface area (Å²) in [6.07, 6.45) is 1.36. The molecule has 0 saturated carbocycles. The van der Waals surface area contributed by atoms with Gasteiger partial charge < -0.3 is 9.47 Å². The molecule has 2 aromatic carbocycles. The van der Waals surface area contributed by atoms with Crippen molar-refractivity contribution >= 4 is 18.1 Å². The van der Waals surface area contributed by atoms with E-state index < -0.39 is 17.7 Å². The van der Waals surface area contributed by atoms with Crippen molar-refractivity contribution in [3.8, 4) is 11.8 Å². The maximum absolute atomic E-state index is 13.7. The second-order valence-corrected chi connectivity index (χ2v) is 4.94. The molecule has 1 amide bonds. The number of nitrogens with one attached hydrogen (secondary N) is 1. The van der Waals surface area contributed by atoms with Crippen LogP contribution in [0, 0.1) is 17.1 Å². The van der Waals surface area contributed by atoms with E-state index in [-0.39, 0.29) is 17.7 Å². The van der Waals surface area contributed by atoms with Gasteiger partial charge in [0, 0.05) is 0 Å². The molecule has 0 aliphatic carbocycles. The third-order valence-corrected chi connectivity index (χ3v) is 3.19. The van der Waals surface area contributed by atoms with Crippen LogP contribution in [0.25, 0.3) is 0 Å². The summed E-state index contributed by atoms with van der Waals surface area (Å²) in [5.41, 5.74) is 2.76. The average Bonchev–Trinajstić information content (AvgIpc) is 2.66. The highest BCUT2D eigenvalue weighted by Crippen LogP contribution is 2.12. The van der Waals surface area contributed by atoms with Crippen molar-refractivity contribution in [2.45, 2.75) is 0 Å². The summed E-state index contributed by atoms with van der Waals surface area (Å²) in [7, 11) is 1.27. The van der Waals surface area contributed by atoms with Crippen LogP contribution in [0.3, 0.4) is 0 Å². The quantitative estimate of drug-likeness (QED) is 0.485. The lowest BCUT2D eigenvalue weighted by atomic mass is 10.1. The Bertz CT molecular complexity index is 873. The van der Waals surface area contributed by atoms with E-state index in [2.05, 4.69) is 15.3 Å². The molecule has 0 aromatic heterocycles. The van der Waals surface area contributed by atoms with Gasteiger partial charge in [-0.15, -0.1) is 0 Å². The van der Waals surface area contributed by atoms with Crippen molar-refractivity contribution in [1.29, 1.82) is 5.26 Å². The molecule has 1 N–H and O–H groups in total. The summed E-state index contributed by atoms with van der Waals surface area (Å²) >= 11 is 0. The molecule has 0 atom stereocenters. The number of benzene rings is 2. The Labute approximate surface area is 148 Å². The summed E-state index contributed by atoms with van der Waals surface area (Å²) in [6, 6.07) is 11.9. The molecule has 0 saturated heterocycles. The van der Waals surface area contributed by atoms with Gasteiger partial charge in [0.1, 0.15) is 11.6 Å². The predicted octanol–water partition coefficient (Wildman–Crippen LogP) is 2.01. The van der Waals surface area contributed by atoms with E-state index >= 15 is 0 Å². The fourth-order valence-electron chi connectivity index (χ4n) is 1.85. The van der Waals surface area contributed by atoms with Gasteiger partial charge >= 0.3 is 5.97 Å². The van der Waals surface area contributed by atoms with E-state index in [9.17, 15) is 14.0 Å². The van der Waals surface area contributed by atoms with Crippen LogP contribution in [0.1, 0.15) is 21.5 Å². The molecule has 0 radical (unpaired) electrons. The number of carbonyl (C=O) groups is 2. The number of methoxy groups -OCH3 is 1. The van der Waals surface area contributed by atoms with Gasteiger partial charge in [0.05, 0.1) is 30.5 Å². The minimum absolute atomic E-state index is 0.122. The van der Waals surface area contributed by atoms with E-state index in [1.165, 1.54) is 25.5 Å². The highest BCUT2D eigenvalue weighted by molar-refractivity contribution is 5.95. The standard InChI is InChI=1S/C18H14FN3O4/c1-25-17(23)11-26-14-5-2-12(3-6-14)10-21-22-18(24)15-7-4-13(9-20)8-16(15)19/h2-8,10H,11H2,1H3,(H,22,24)/b21-10+. The van der Waals surface area contributed by atoms with Crippen LogP contribution in [-0.4, -0.2) is 31.8 Å². The van der Waals surface area contributed by atoms with Crippen molar-refractivity contribution in [1.82, 2.24) is 5.43 Å². The van der Waals surface area contributed by atoms with Gasteiger partial charge in [-0.05, 0) is 48.0 Å². The Hall–Kier alpha value is -3.73. The number of nitriles is 1. The van der Waals surface area contributed by atoms with Crippen LogP contribution >= 0.6 is 0 Å². The number of hydrazone groups is 1. The third kappa shape index (κ3) is 5.14. The first kappa shape index (κ1) is 18.6. The van der Waals surface area contributed by atoms with E-state index in [1.54, 1.807) is 30.3 Å². The zero-order valence-electron chi connectivity index (χ0n) is 13.7. The molecule has 0 heterocycles. The highest BCUT2D eigenvalue weighted by atomic mass is 19.1. The maximum Gasteiger partial charge on any atom is 0.343 e. The van der Waals surface area contributed by atoms with Gasteiger partial charge in [0.2, 0.25) is 0 Å². The maximum atomic E-state index is 13.7. The summed E-state index contributed by atoms with van der Waals surface area (Å²) in [6.45, 7) is -0.198. The number of nitrogens with zero attached hydrogens (tertiary/aromatic N) is 2. The van der Waals surface area contributed by atoms with Gasteiger partial charge in [-0.1, -0.05) is 0 Å². The van der Waals surface area contributed by atoms with Crippen LogP contribution in [0.15, 0.2) is 47.6 Å². The van der Waals surface area contributed by atoms with Gasteiger partial charge in [-0.3, -0.25) is 4.79 Å². The molecule has 0 bridgehead atoms. The Morgan fingerprint density at radius 2 is 2.00 bits per heavy atom. The normalized spacial score (nSPS) is 10.2. The van der Waals surface area contributed by atoms with Crippen molar-refractivity contribution in [3.63, 3.8) is 0 Å². The topological polar surface area (TPSA) is 101 Å². The molecule has 132 valence electrons. The number of esters is 1. The fraction of sp³-hybridized carbons (Fsp3) is 0.111. The number of rotatable bonds is 6. The predicted molar refractivity (Wildman–Crippen MR) is 90.1 cm³/mol. The molecule has 2 aromatic rings. The molecule has 0 aliphatic heterocycles. The van der Waals surface area contributed by atoms with Crippen molar-refractivity contribution in [3.05, 3.63) is 65.0 Å². The Morgan fingerprint density at radius 1 is 1.27 bits per heavy atom. The first-order valence-electron chi connectivity index (χ1n) is 7.36. The minimum atomic E-state index is -0.802. The number of halogens is 1. The van der Waals surface area contributed by atoms with E-state index in [0.29, 0.717) is 11.3 Å². The Morgan fingerprint density at radius 3 is 2.62 bits per heavy atom. The molecule has 0 aliphatic rings. The molecular weight excluding hydrogens is 341 g/mol. The lowest BCUT2D eigenvalue weighted by molar-refractivity contribution is -0.142. The summed E-state index contributed by atoms with van der Waals surface area (Å²) < 4.78 is 23.4. The van der Waals surface area contributed by atoms with Crippen LogP contribution in [-0.2, 0) is 9.53 Å². The number of hydrogen-bond acceptors (Lipinski definition) is 6. The highest BCUT2D eigenvalue weighted by Gasteiger charge is 2.11. The Balaban J connectivity index is 1.92. The van der Waals surface area contributed by atoms with E-state index in [1.807, 2.05) is 0 Å². The molecule has 0 fully saturated rings. The molecule has 2 rings (SSSR count). The number of hydrogen-bond donors (Lipinski definition) is 1. The summed E-state index contributed by atoms with van der Waals surface area (Å²) in [5, 5.41) is 12.4. The minimum Gasteiger partial charge on any atom is -0.482 e. The van der Waals surface area contributed by atoms with Gasteiger partial charge in [0.15, 0.2) is 6.61 Å². The molecule has 8 heteroatoms. The van der Waals surface area contributed by atoms with E-state index in [0.717, 1.165) is 6.07 Å². The van der Waals surface area contributed by atoms with Gasteiger partial charge in [0.25, 0.3) is 5.91 Å². The van der Waals surface area contributed by atoms with Crippen LogP contribution in [0.4, 0.5) is 4.39 Å². The first-order chi connectivity index (χ1) is 12.5. The second-order valence-electron chi connectivity index (χ2n) is 4.94. The number of carbonyl (C=O) groups excluding carboxylic acids is 2. The zero-order chi connectivity index (χ0) is 18.9.